The number of methoxy groups -OCH3 is 1. The molecule has 2 rings (SSSR count). The molecule has 0 aliphatic carbocycles. The van der Waals surface area contributed by atoms with Gasteiger partial charge >= 0.3 is 0 Å². The van der Waals surface area contributed by atoms with Crippen molar-refractivity contribution in [2.45, 2.75) is 71.8 Å². The first-order valence-corrected chi connectivity index (χ1v) is 11.9. The zero-order chi connectivity index (χ0) is 22.6. The molecule has 2 N–H and O–H groups in total. The van der Waals surface area contributed by atoms with Crippen molar-refractivity contribution in [2.24, 2.45) is 5.92 Å². The van der Waals surface area contributed by atoms with E-state index >= 15 is 0 Å². The topological polar surface area (TPSA) is 93.2 Å². The largest absolute Gasteiger partial charge is 0.497 e. The van der Waals surface area contributed by atoms with Gasteiger partial charge in [-0.2, -0.15) is 0 Å². The van der Waals surface area contributed by atoms with Gasteiger partial charge in [0.05, 0.1) is 7.11 Å². The maximum absolute atomic E-state index is 12.9. The lowest BCUT2D eigenvalue weighted by atomic mass is 9.98. The Morgan fingerprint density at radius 2 is 1.77 bits per heavy atom. The van der Waals surface area contributed by atoms with Crippen LogP contribution in [0.15, 0.2) is 24.3 Å². The summed E-state index contributed by atoms with van der Waals surface area (Å²) in [6.45, 7) is 6.14. The molecule has 31 heavy (non-hydrogen) atoms. The van der Waals surface area contributed by atoms with Crippen LogP contribution in [0.1, 0.15) is 65.7 Å². The zero-order valence-corrected chi connectivity index (χ0v) is 19.8. The highest BCUT2D eigenvalue weighted by molar-refractivity contribution is 7.18. The van der Waals surface area contributed by atoms with Crippen LogP contribution in [-0.2, 0) is 9.59 Å². The fraction of sp³-hybridized carbons (Fsp3) is 0.565. The van der Waals surface area contributed by atoms with Crippen molar-refractivity contribution in [3.63, 3.8) is 0 Å². The summed E-state index contributed by atoms with van der Waals surface area (Å²) in [6, 6.07) is 6.90. The smallest absolute Gasteiger partial charge is 0.249 e. The van der Waals surface area contributed by atoms with Gasteiger partial charge in [-0.05, 0) is 36.6 Å². The Labute approximate surface area is 189 Å². The third kappa shape index (κ3) is 7.94. The van der Waals surface area contributed by atoms with Crippen molar-refractivity contribution in [2.75, 3.05) is 12.4 Å². The van der Waals surface area contributed by atoms with Gasteiger partial charge in [-0.25, -0.2) is 0 Å². The van der Waals surface area contributed by atoms with Crippen LogP contribution in [0.4, 0.5) is 5.13 Å². The molecule has 170 valence electrons. The molecule has 0 bridgehead atoms. The summed E-state index contributed by atoms with van der Waals surface area (Å²) in [5.41, 5.74) is 0.897. The molecule has 2 aromatic rings. The summed E-state index contributed by atoms with van der Waals surface area (Å²) in [4.78, 5) is 25.3. The summed E-state index contributed by atoms with van der Waals surface area (Å²) in [5, 5.41) is 15.1. The van der Waals surface area contributed by atoms with Crippen molar-refractivity contribution in [3.8, 4) is 16.3 Å². The number of aromatic nitrogens is 2. The molecule has 0 radical (unpaired) electrons. The molecule has 0 aliphatic heterocycles. The summed E-state index contributed by atoms with van der Waals surface area (Å²) >= 11 is 1.30. The Kier molecular flexibility index (Phi) is 10.4. The van der Waals surface area contributed by atoms with Gasteiger partial charge in [0.25, 0.3) is 0 Å². The molecule has 8 heteroatoms. The van der Waals surface area contributed by atoms with Crippen LogP contribution in [0.2, 0.25) is 0 Å². The van der Waals surface area contributed by atoms with Crippen LogP contribution >= 0.6 is 11.3 Å². The molecule has 0 aliphatic rings. The second kappa shape index (κ2) is 13.0. The Hall–Kier alpha value is -2.48. The Bertz CT molecular complexity index is 822. The number of rotatable bonds is 13. The fourth-order valence-electron chi connectivity index (χ4n) is 3.14. The van der Waals surface area contributed by atoms with Crippen LogP contribution < -0.4 is 15.4 Å². The monoisotopic (exact) mass is 446 g/mol. The highest BCUT2D eigenvalue weighted by atomic mass is 32.1. The van der Waals surface area contributed by atoms with Gasteiger partial charge in [0, 0.05) is 12.0 Å². The average molecular weight is 447 g/mol. The maximum atomic E-state index is 12.9. The maximum Gasteiger partial charge on any atom is 0.249 e. The highest BCUT2D eigenvalue weighted by Gasteiger charge is 2.26. The summed E-state index contributed by atoms with van der Waals surface area (Å²) in [5.74, 6) is 0.441. The molecule has 1 heterocycles. The van der Waals surface area contributed by atoms with Gasteiger partial charge in [-0.15, -0.1) is 10.2 Å². The molecule has 0 saturated heterocycles. The summed E-state index contributed by atoms with van der Waals surface area (Å²) < 4.78 is 5.17. The van der Waals surface area contributed by atoms with Crippen LogP contribution in [-0.4, -0.2) is 35.2 Å². The van der Waals surface area contributed by atoms with Crippen molar-refractivity contribution in [1.82, 2.24) is 15.5 Å². The first kappa shape index (κ1) is 24.8. The van der Waals surface area contributed by atoms with E-state index in [2.05, 4.69) is 27.8 Å². The quantitative estimate of drug-likeness (QED) is 0.420. The summed E-state index contributed by atoms with van der Waals surface area (Å²) in [7, 11) is 1.62. The molecule has 2 atom stereocenters. The lowest BCUT2D eigenvalue weighted by Crippen LogP contribution is -2.47. The van der Waals surface area contributed by atoms with E-state index in [-0.39, 0.29) is 17.7 Å². The van der Waals surface area contributed by atoms with Crippen molar-refractivity contribution in [3.05, 3.63) is 24.3 Å². The molecule has 1 aromatic heterocycles. The number of carbonyl (C=O) groups excluding carboxylic acids is 2. The molecular formula is C23H34N4O3S. The van der Waals surface area contributed by atoms with Gasteiger partial charge in [-0.3, -0.25) is 14.9 Å². The van der Waals surface area contributed by atoms with Crippen LogP contribution in [0.25, 0.3) is 10.6 Å². The standard InChI is InChI=1S/C23H34N4O3S/c1-5-7-8-9-10-11-19(28)24-20(16(3)6-2)21(29)25-23-27-26-22(31-23)17-12-14-18(30-4)15-13-17/h12-16,20H,5-11H2,1-4H3,(H,24,28)(H,25,27,29)/t16-,20-/m1/s1. The number of hydrogen-bond acceptors (Lipinski definition) is 6. The Balaban J connectivity index is 1.95. The molecule has 1 aromatic carbocycles. The minimum atomic E-state index is -0.596. The van der Waals surface area contributed by atoms with Gasteiger partial charge in [0.15, 0.2) is 0 Å². The fourth-order valence-corrected chi connectivity index (χ4v) is 3.90. The molecule has 0 saturated carbocycles. The van der Waals surface area contributed by atoms with E-state index in [0.717, 1.165) is 37.0 Å². The number of carbonyl (C=O) groups is 2. The van der Waals surface area contributed by atoms with Crippen LogP contribution in [0.5, 0.6) is 5.75 Å². The molecule has 0 unspecified atom stereocenters. The van der Waals surface area contributed by atoms with E-state index in [1.54, 1.807) is 7.11 Å². The number of nitrogens with one attached hydrogen (secondary N) is 2. The average Bonchev–Trinajstić information content (AvgIpc) is 3.25. The Morgan fingerprint density at radius 3 is 2.42 bits per heavy atom. The lowest BCUT2D eigenvalue weighted by molar-refractivity contribution is -0.127. The number of amides is 2. The van der Waals surface area contributed by atoms with Gasteiger partial charge in [-0.1, -0.05) is 64.2 Å². The highest BCUT2D eigenvalue weighted by Crippen LogP contribution is 2.28. The van der Waals surface area contributed by atoms with E-state index in [1.165, 1.54) is 24.2 Å². The number of nitrogens with zero attached hydrogens (tertiary/aromatic N) is 2. The summed E-state index contributed by atoms with van der Waals surface area (Å²) in [6.07, 6.45) is 6.63. The van der Waals surface area contributed by atoms with Crippen LogP contribution in [0.3, 0.4) is 0 Å². The molecular weight excluding hydrogens is 412 g/mol. The van der Waals surface area contributed by atoms with E-state index in [1.807, 2.05) is 38.1 Å². The predicted molar refractivity (Wildman–Crippen MR) is 125 cm³/mol. The van der Waals surface area contributed by atoms with E-state index in [4.69, 9.17) is 4.74 Å². The molecule has 7 nitrogen and oxygen atoms in total. The minimum absolute atomic E-state index is 0.0121. The number of unbranched alkanes of at least 4 members (excludes halogenated alkanes) is 4. The normalized spacial score (nSPS) is 12.8. The van der Waals surface area contributed by atoms with Gasteiger partial charge in [0.2, 0.25) is 16.9 Å². The Morgan fingerprint density at radius 1 is 1.06 bits per heavy atom. The predicted octanol–water partition coefficient (Wildman–Crippen LogP) is 5.04. The van der Waals surface area contributed by atoms with Gasteiger partial charge < -0.3 is 10.1 Å². The third-order valence-corrected chi connectivity index (χ3v) is 6.20. The van der Waals surface area contributed by atoms with Gasteiger partial charge in [0.1, 0.15) is 16.8 Å². The second-order valence-corrected chi connectivity index (χ2v) is 8.70. The molecule has 0 spiro atoms. The number of benzene rings is 1. The first-order valence-electron chi connectivity index (χ1n) is 11.1. The minimum Gasteiger partial charge on any atom is -0.497 e. The van der Waals surface area contributed by atoms with Crippen LogP contribution in [0, 0.1) is 5.92 Å². The lowest BCUT2D eigenvalue weighted by Gasteiger charge is -2.23. The number of hydrogen-bond donors (Lipinski definition) is 2. The van der Waals surface area contributed by atoms with Crippen molar-refractivity contribution < 1.29 is 14.3 Å². The number of anilines is 1. The second-order valence-electron chi connectivity index (χ2n) is 7.73. The third-order valence-electron chi connectivity index (χ3n) is 5.31. The SMILES string of the molecule is CCCCCCCC(=O)N[C@@H](C(=O)Nc1nnc(-c2ccc(OC)cc2)s1)[C@H](C)CC. The first-order chi connectivity index (χ1) is 15.0. The molecule has 0 fully saturated rings. The van der Waals surface area contributed by atoms with E-state index < -0.39 is 6.04 Å². The zero-order valence-electron chi connectivity index (χ0n) is 18.9. The molecule has 2 amide bonds. The van der Waals surface area contributed by atoms with Crippen molar-refractivity contribution >= 4 is 28.3 Å². The van der Waals surface area contributed by atoms with E-state index in [0.29, 0.717) is 16.6 Å². The van der Waals surface area contributed by atoms with E-state index in [9.17, 15) is 9.59 Å². The number of ether oxygens (including phenoxy) is 1. The van der Waals surface area contributed by atoms with Crippen molar-refractivity contribution in [1.29, 1.82) is 0 Å².